The fraction of sp³-hybridized carbons (Fsp3) is 0.278. The third-order valence-electron chi connectivity index (χ3n) is 3.29. The van der Waals surface area contributed by atoms with Gasteiger partial charge in [-0.2, -0.15) is 4.40 Å². The molecule has 0 saturated carbocycles. The van der Waals surface area contributed by atoms with E-state index >= 15 is 0 Å². The Hall–Kier alpha value is -1.74. The van der Waals surface area contributed by atoms with Gasteiger partial charge in [-0.1, -0.05) is 61.4 Å². The smallest absolute Gasteiger partial charge is 0.172 e. The molecule has 1 atom stereocenters. The van der Waals surface area contributed by atoms with Crippen molar-refractivity contribution in [2.45, 2.75) is 38.0 Å². The number of nitrogens with zero attached hydrogens (tertiary/aromatic N) is 1. The third kappa shape index (κ3) is 4.64. The van der Waals surface area contributed by atoms with Gasteiger partial charge in [-0.05, 0) is 37.5 Å². The number of aryl methyl sites for hydroxylation is 1. The molecule has 2 aromatic rings. The number of unbranched alkanes of at least 4 members (excludes halogenated alkanes) is 1. The summed E-state index contributed by atoms with van der Waals surface area (Å²) in [5.74, 6) is 0. The minimum absolute atomic E-state index is 0.755. The summed E-state index contributed by atoms with van der Waals surface area (Å²) in [6.45, 7) is 4.17. The lowest BCUT2D eigenvalue weighted by Gasteiger charge is -2.06. The number of rotatable bonds is 6. The fourth-order valence-electron chi connectivity index (χ4n) is 2.02. The first-order valence-electron chi connectivity index (χ1n) is 7.32. The predicted molar refractivity (Wildman–Crippen MR) is 90.1 cm³/mol. The number of hydrogen-bond donors (Lipinski definition) is 0. The molecule has 0 radical (unpaired) electrons. The van der Waals surface area contributed by atoms with Gasteiger partial charge in [-0.3, -0.25) is 0 Å². The van der Waals surface area contributed by atoms with Gasteiger partial charge in [0.05, 0.1) is 10.6 Å². The molecule has 2 nitrogen and oxygen atoms in total. The van der Waals surface area contributed by atoms with Crippen LogP contribution in [-0.4, -0.2) is 9.92 Å². The molecule has 110 valence electrons. The predicted octanol–water partition coefficient (Wildman–Crippen LogP) is 4.70. The van der Waals surface area contributed by atoms with Gasteiger partial charge >= 0.3 is 0 Å². The topological polar surface area (TPSA) is 29.4 Å². The van der Waals surface area contributed by atoms with E-state index in [4.69, 9.17) is 0 Å². The molecule has 21 heavy (non-hydrogen) atoms. The molecule has 1 unspecified atom stereocenters. The SMILES string of the molecule is CCCC/C(=N/S(=O)c1ccc(C)cc1)c1ccccc1. The Bertz CT molecular complexity index is 617. The lowest BCUT2D eigenvalue weighted by atomic mass is 10.1. The number of benzene rings is 2. The van der Waals surface area contributed by atoms with Crippen LogP contribution in [0.4, 0.5) is 0 Å². The first-order valence-corrected chi connectivity index (χ1v) is 8.43. The zero-order valence-corrected chi connectivity index (χ0v) is 13.4. The molecule has 0 N–H and O–H groups in total. The molecule has 3 heteroatoms. The van der Waals surface area contributed by atoms with Gasteiger partial charge in [0, 0.05) is 0 Å². The molecule has 0 aliphatic carbocycles. The molecule has 2 aromatic carbocycles. The van der Waals surface area contributed by atoms with Crippen LogP contribution in [0.25, 0.3) is 0 Å². The lowest BCUT2D eigenvalue weighted by Crippen LogP contribution is -2.03. The highest BCUT2D eigenvalue weighted by Gasteiger charge is 2.07. The van der Waals surface area contributed by atoms with Crippen LogP contribution in [0.15, 0.2) is 63.9 Å². The maximum absolute atomic E-state index is 12.4. The van der Waals surface area contributed by atoms with Crippen molar-refractivity contribution >= 4 is 16.7 Å². The zero-order valence-electron chi connectivity index (χ0n) is 12.6. The Labute approximate surface area is 129 Å². The van der Waals surface area contributed by atoms with Crippen molar-refractivity contribution in [3.05, 3.63) is 65.7 Å². The maximum Gasteiger partial charge on any atom is 0.172 e. The Balaban J connectivity index is 2.27. The van der Waals surface area contributed by atoms with Gasteiger partial charge in [0.1, 0.15) is 0 Å². The van der Waals surface area contributed by atoms with Crippen molar-refractivity contribution in [2.24, 2.45) is 4.40 Å². The normalized spacial score (nSPS) is 13.1. The van der Waals surface area contributed by atoms with E-state index in [2.05, 4.69) is 11.3 Å². The molecule has 0 saturated heterocycles. The van der Waals surface area contributed by atoms with Crippen LogP contribution < -0.4 is 0 Å². The van der Waals surface area contributed by atoms with Crippen molar-refractivity contribution in [1.29, 1.82) is 0 Å². The first-order chi connectivity index (χ1) is 10.2. The molecule has 2 rings (SSSR count). The van der Waals surface area contributed by atoms with Gasteiger partial charge in [-0.15, -0.1) is 0 Å². The fourth-order valence-corrected chi connectivity index (χ4v) is 2.90. The van der Waals surface area contributed by atoms with E-state index < -0.39 is 11.0 Å². The van der Waals surface area contributed by atoms with E-state index in [9.17, 15) is 4.21 Å². The van der Waals surface area contributed by atoms with E-state index in [1.807, 2.05) is 61.5 Å². The third-order valence-corrected chi connectivity index (χ3v) is 4.35. The highest BCUT2D eigenvalue weighted by Crippen LogP contribution is 2.14. The van der Waals surface area contributed by atoms with E-state index in [1.165, 1.54) is 0 Å². The van der Waals surface area contributed by atoms with Crippen molar-refractivity contribution in [3.63, 3.8) is 0 Å². The summed E-state index contributed by atoms with van der Waals surface area (Å²) in [5, 5.41) is 0. The summed E-state index contributed by atoms with van der Waals surface area (Å²) in [5.41, 5.74) is 3.15. The van der Waals surface area contributed by atoms with Crippen LogP contribution in [0.5, 0.6) is 0 Å². The van der Waals surface area contributed by atoms with Crippen molar-refractivity contribution in [1.82, 2.24) is 0 Å². The molecule has 0 aromatic heterocycles. The highest BCUT2D eigenvalue weighted by molar-refractivity contribution is 7.83. The Morgan fingerprint density at radius 3 is 2.33 bits per heavy atom. The van der Waals surface area contributed by atoms with Crippen molar-refractivity contribution in [3.8, 4) is 0 Å². The second-order valence-electron chi connectivity index (χ2n) is 5.07. The van der Waals surface area contributed by atoms with Gasteiger partial charge < -0.3 is 0 Å². The van der Waals surface area contributed by atoms with E-state index in [0.717, 1.165) is 41.0 Å². The molecule has 0 heterocycles. The Morgan fingerprint density at radius 2 is 1.71 bits per heavy atom. The molecule has 0 aliphatic rings. The second kappa shape index (κ2) is 7.89. The van der Waals surface area contributed by atoms with Crippen LogP contribution >= 0.6 is 0 Å². The molecular formula is C18H21NOS. The van der Waals surface area contributed by atoms with Gasteiger partial charge in [0.15, 0.2) is 11.0 Å². The quantitative estimate of drug-likeness (QED) is 0.711. The minimum atomic E-state index is -1.34. The summed E-state index contributed by atoms with van der Waals surface area (Å²) >= 11 is 0. The van der Waals surface area contributed by atoms with Gasteiger partial charge in [0.25, 0.3) is 0 Å². The monoisotopic (exact) mass is 299 g/mol. The lowest BCUT2D eigenvalue weighted by molar-refractivity contribution is 0.684. The molecule has 0 amide bonds. The van der Waals surface area contributed by atoms with Crippen LogP contribution in [0.3, 0.4) is 0 Å². The summed E-state index contributed by atoms with van der Waals surface area (Å²) in [4.78, 5) is 0.755. The molecule has 0 spiro atoms. The van der Waals surface area contributed by atoms with Crippen molar-refractivity contribution in [2.75, 3.05) is 0 Å². The minimum Gasteiger partial charge on any atom is -0.229 e. The van der Waals surface area contributed by atoms with Crippen LogP contribution in [0.1, 0.15) is 37.3 Å². The van der Waals surface area contributed by atoms with Crippen LogP contribution in [0, 0.1) is 6.92 Å². The average molecular weight is 299 g/mol. The molecule has 0 fully saturated rings. The molecule has 0 aliphatic heterocycles. The standard InChI is InChI=1S/C18H21NOS/c1-3-4-10-18(16-8-6-5-7-9-16)19-21(20)17-13-11-15(2)12-14-17/h5-9,11-14H,3-4,10H2,1-2H3/b19-18-. The average Bonchev–Trinajstić information content (AvgIpc) is 2.52. The maximum atomic E-state index is 12.4. The largest absolute Gasteiger partial charge is 0.229 e. The number of hydrogen-bond acceptors (Lipinski definition) is 1. The highest BCUT2D eigenvalue weighted by atomic mass is 32.2. The summed E-state index contributed by atoms with van der Waals surface area (Å²) in [6.07, 6.45) is 3.01. The van der Waals surface area contributed by atoms with E-state index in [0.29, 0.717) is 0 Å². The Kier molecular flexibility index (Phi) is 5.88. The second-order valence-corrected chi connectivity index (χ2v) is 6.22. The van der Waals surface area contributed by atoms with Crippen LogP contribution in [-0.2, 0) is 11.0 Å². The summed E-state index contributed by atoms with van der Waals surface area (Å²) in [6, 6.07) is 17.7. The molecule has 0 bridgehead atoms. The molecular weight excluding hydrogens is 278 g/mol. The van der Waals surface area contributed by atoms with Crippen molar-refractivity contribution < 1.29 is 4.21 Å². The van der Waals surface area contributed by atoms with Gasteiger partial charge in [0.2, 0.25) is 0 Å². The summed E-state index contributed by atoms with van der Waals surface area (Å²) in [7, 11) is -1.34. The first kappa shape index (κ1) is 15.6. The van der Waals surface area contributed by atoms with E-state index in [1.54, 1.807) is 0 Å². The Morgan fingerprint density at radius 1 is 1.05 bits per heavy atom. The van der Waals surface area contributed by atoms with E-state index in [-0.39, 0.29) is 0 Å². The van der Waals surface area contributed by atoms with Gasteiger partial charge in [-0.25, -0.2) is 4.21 Å². The summed E-state index contributed by atoms with van der Waals surface area (Å²) < 4.78 is 16.9. The van der Waals surface area contributed by atoms with Crippen LogP contribution in [0.2, 0.25) is 0 Å². The zero-order chi connectivity index (χ0) is 15.1.